The molecule has 6 nitrogen and oxygen atoms in total. The number of H-pyrrole nitrogens is 1. The highest BCUT2D eigenvalue weighted by Crippen LogP contribution is 2.44. The van der Waals surface area contributed by atoms with Gasteiger partial charge in [-0.3, -0.25) is 9.89 Å². The average Bonchev–Trinajstić information content (AvgIpc) is 3.35. The molecular formula is C26H31N3O3. The number of ether oxygens (including phenoxy) is 2. The molecular weight excluding hydrogens is 402 g/mol. The van der Waals surface area contributed by atoms with Crippen molar-refractivity contribution in [2.75, 3.05) is 19.8 Å². The summed E-state index contributed by atoms with van der Waals surface area (Å²) in [5, 5.41) is 7.54. The minimum atomic E-state index is -0.227. The third kappa shape index (κ3) is 4.09. The Kier molecular flexibility index (Phi) is 6.78. The van der Waals surface area contributed by atoms with Crippen molar-refractivity contribution in [3.63, 3.8) is 0 Å². The molecule has 0 aliphatic carbocycles. The van der Waals surface area contributed by atoms with E-state index in [4.69, 9.17) is 9.47 Å². The first-order valence-corrected chi connectivity index (χ1v) is 11.5. The maximum Gasteiger partial charge on any atom is 0.273 e. The van der Waals surface area contributed by atoms with Gasteiger partial charge in [-0.25, -0.2) is 0 Å². The fourth-order valence-electron chi connectivity index (χ4n) is 4.24. The van der Waals surface area contributed by atoms with Crippen LogP contribution in [0, 0.1) is 0 Å². The summed E-state index contributed by atoms with van der Waals surface area (Å²) in [4.78, 5) is 15.2. The maximum atomic E-state index is 13.3. The van der Waals surface area contributed by atoms with E-state index in [0.717, 1.165) is 47.4 Å². The Labute approximate surface area is 189 Å². The lowest BCUT2D eigenvalue weighted by molar-refractivity contribution is 0.0743. The molecule has 1 amide bonds. The standard InChI is InChI=1S/C26H31N3O3/c1-4-7-16-32-20-14-13-19(17-21(20)31-6-3)25-22-23(18-11-9-8-10-12-18)27-28-24(22)26(30)29(25)15-5-2/h8-14,17,25H,4-7,15-16H2,1-3H3,(H,27,28). The molecule has 1 aromatic heterocycles. The fourth-order valence-corrected chi connectivity index (χ4v) is 4.24. The molecule has 1 atom stereocenters. The average molecular weight is 434 g/mol. The summed E-state index contributed by atoms with van der Waals surface area (Å²) < 4.78 is 11.9. The topological polar surface area (TPSA) is 67.5 Å². The van der Waals surface area contributed by atoms with E-state index >= 15 is 0 Å². The van der Waals surface area contributed by atoms with E-state index in [9.17, 15) is 4.79 Å². The number of aromatic amines is 1. The van der Waals surface area contributed by atoms with Gasteiger partial charge in [0.25, 0.3) is 5.91 Å². The van der Waals surface area contributed by atoms with E-state index in [1.165, 1.54) is 0 Å². The summed E-state index contributed by atoms with van der Waals surface area (Å²) in [6.07, 6.45) is 2.94. The third-order valence-corrected chi connectivity index (χ3v) is 5.71. The van der Waals surface area contributed by atoms with Crippen LogP contribution in [0.4, 0.5) is 0 Å². The van der Waals surface area contributed by atoms with Crippen molar-refractivity contribution >= 4 is 5.91 Å². The van der Waals surface area contributed by atoms with E-state index in [2.05, 4.69) is 24.0 Å². The van der Waals surface area contributed by atoms with Gasteiger partial charge < -0.3 is 14.4 Å². The molecule has 0 saturated carbocycles. The molecule has 0 fully saturated rings. The lowest BCUT2D eigenvalue weighted by atomic mass is 9.95. The Morgan fingerprint density at radius 3 is 2.53 bits per heavy atom. The maximum absolute atomic E-state index is 13.3. The summed E-state index contributed by atoms with van der Waals surface area (Å²) in [5.41, 5.74) is 4.31. The Bertz CT molecular complexity index is 1060. The van der Waals surface area contributed by atoms with E-state index in [-0.39, 0.29) is 11.9 Å². The predicted molar refractivity (Wildman–Crippen MR) is 125 cm³/mol. The number of hydrogen-bond acceptors (Lipinski definition) is 4. The van der Waals surface area contributed by atoms with Crippen molar-refractivity contribution in [3.8, 4) is 22.8 Å². The molecule has 0 radical (unpaired) electrons. The van der Waals surface area contributed by atoms with Crippen molar-refractivity contribution in [2.45, 2.75) is 46.1 Å². The summed E-state index contributed by atoms with van der Waals surface area (Å²) >= 11 is 0. The number of benzene rings is 2. The van der Waals surface area contributed by atoms with E-state index in [0.29, 0.717) is 31.2 Å². The summed E-state index contributed by atoms with van der Waals surface area (Å²) in [6.45, 7) is 8.06. The number of carbonyl (C=O) groups is 1. The van der Waals surface area contributed by atoms with Gasteiger partial charge in [-0.15, -0.1) is 0 Å². The van der Waals surface area contributed by atoms with Gasteiger partial charge in [0.15, 0.2) is 11.5 Å². The molecule has 4 rings (SSSR count). The molecule has 1 aliphatic rings. The van der Waals surface area contributed by atoms with Crippen LogP contribution in [0.15, 0.2) is 48.5 Å². The second-order valence-corrected chi connectivity index (χ2v) is 7.97. The van der Waals surface area contributed by atoms with Gasteiger partial charge >= 0.3 is 0 Å². The number of unbranched alkanes of at least 4 members (excludes halogenated alkanes) is 1. The van der Waals surface area contributed by atoms with Crippen LogP contribution in [-0.2, 0) is 0 Å². The molecule has 2 aromatic carbocycles. The van der Waals surface area contributed by atoms with Gasteiger partial charge in [0.1, 0.15) is 5.69 Å². The number of hydrogen-bond donors (Lipinski definition) is 1. The SMILES string of the molecule is CCCCOc1ccc(C2c3c(-c4ccccc4)n[nH]c3C(=O)N2CCC)cc1OCC. The molecule has 1 aliphatic heterocycles. The molecule has 6 heteroatoms. The normalized spacial score (nSPS) is 15.2. The van der Waals surface area contributed by atoms with E-state index < -0.39 is 0 Å². The largest absolute Gasteiger partial charge is 0.490 e. The Hall–Kier alpha value is -3.28. The van der Waals surface area contributed by atoms with Crippen LogP contribution in [0.1, 0.15) is 67.7 Å². The summed E-state index contributed by atoms with van der Waals surface area (Å²) in [5.74, 6) is 1.44. The summed E-state index contributed by atoms with van der Waals surface area (Å²) in [6, 6.07) is 15.8. The van der Waals surface area contributed by atoms with Gasteiger partial charge in [0.2, 0.25) is 0 Å². The third-order valence-electron chi connectivity index (χ3n) is 5.71. The molecule has 3 aromatic rings. The first kappa shape index (κ1) is 21.9. The van der Waals surface area contributed by atoms with Crippen molar-refractivity contribution < 1.29 is 14.3 Å². The van der Waals surface area contributed by atoms with E-state index in [1.807, 2.05) is 60.4 Å². The highest BCUT2D eigenvalue weighted by molar-refractivity contribution is 6.00. The lowest BCUT2D eigenvalue weighted by Gasteiger charge is -2.26. The predicted octanol–water partition coefficient (Wildman–Crippen LogP) is 5.61. The second kappa shape index (κ2) is 9.90. The minimum Gasteiger partial charge on any atom is -0.490 e. The van der Waals surface area contributed by atoms with Crippen LogP contribution in [0.5, 0.6) is 11.5 Å². The number of carbonyl (C=O) groups excluding carboxylic acids is 1. The zero-order valence-corrected chi connectivity index (χ0v) is 19.1. The highest BCUT2D eigenvalue weighted by Gasteiger charge is 2.42. The summed E-state index contributed by atoms with van der Waals surface area (Å²) in [7, 11) is 0. The molecule has 32 heavy (non-hydrogen) atoms. The molecule has 0 saturated heterocycles. The second-order valence-electron chi connectivity index (χ2n) is 7.97. The molecule has 0 spiro atoms. The van der Waals surface area contributed by atoms with E-state index in [1.54, 1.807) is 0 Å². The quantitative estimate of drug-likeness (QED) is 0.422. The lowest BCUT2D eigenvalue weighted by Crippen LogP contribution is -2.30. The smallest absolute Gasteiger partial charge is 0.273 e. The zero-order valence-electron chi connectivity index (χ0n) is 19.1. The van der Waals surface area contributed by atoms with Crippen molar-refractivity contribution in [1.82, 2.24) is 15.1 Å². The Balaban J connectivity index is 1.79. The van der Waals surface area contributed by atoms with Crippen LogP contribution >= 0.6 is 0 Å². The number of nitrogens with one attached hydrogen (secondary N) is 1. The minimum absolute atomic E-state index is 0.0113. The number of rotatable bonds is 10. The van der Waals surface area contributed by atoms with Gasteiger partial charge in [-0.1, -0.05) is 56.7 Å². The van der Waals surface area contributed by atoms with Crippen LogP contribution < -0.4 is 9.47 Å². The van der Waals surface area contributed by atoms with Gasteiger partial charge in [0.05, 0.1) is 24.9 Å². The Morgan fingerprint density at radius 2 is 1.81 bits per heavy atom. The zero-order chi connectivity index (χ0) is 22.5. The van der Waals surface area contributed by atoms with Gasteiger partial charge in [0, 0.05) is 17.7 Å². The van der Waals surface area contributed by atoms with Crippen molar-refractivity contribution in [2.24, 2.45) is 0 Å². The van der Waals surface area contributed by atoms with Crippen LogP contribution in [0.3, 0.4) is 0 Å². The van der Waals surface area contributed by atoms with Crippen LogP contribution in [0.2, 0.25) is 0 Å². The highest BCUT2D eigenvalue weighted by atomic mass is 16.5. The molecule has 1 unspecified atom stereocenters. The first-order chi connectivity index (χ1) is 15.7. The molecule has 168 valence electrons. The van der Waals surface area contributed by atoms with Crippen molar-refractivity contribution in [1.29, 1.82) is 0 Å². The van der Waals surface area contributed by atoms with Crippen LogP contribution in [0.25, 0.3) is 11.3 Å². The van der Waals surface area contributed by atoms with Crippen molar-refractivity contribution in [3.05, 3.63) is 65.4 Å². The Morgan fingerprint density at radius 1 is 1.00 bits per heavy atom. The van der Waals surface area contributed by atoms with Gasteiger partial charge in [-0.2, -0.15) is 5.10 Å². The number of aromatic nitrogens is 2. The number of fused-ring (bicyclic) bond motifs is 1. The molecule has 0 bridgehead atoms. The first-order valence-electron chi connectivity index (χ1n) is 11.5. The molecule has 1 N–H and O–H groups in total. The number of nitrogens with zero attached hydrogens (tertiary/aromatic N) is 2. The van der Waals surface area contributed by atoms with Crippen LogP contribution in [-0.4, -0.2) is 40.8 Å². The van der Waals surface area contributed by atoms with Gasteiger partial charge in [-0.05, 0) is 37.5 Å². The number of amides is 1. The molecule has 2 heterocycles. The fraction of sp³-hybridized carbons (Fsp3) is 0.385. The monoisotopic (exact) mass is 433 g/mol.